The Kier molecular flexibility index (Phi) is 4.79. The third kappa shape index (κ3) is 3.19. The molecule has 20 heavy (non-hydrogen) atoms. The summed E-state index contributed by atoms with van der Waals surface area (Å²) in [6.07, 6.45) is 2.81. The molecule has 1 heterocycles. The van der Waals surface area contributed by atoms with Gasteiger partial charge in [-0.25, -0.2) is 0 Å². The van der Waals surface area contributed by atoms with E-state index in [0.717, 1.165) is 32.4 Å². The predicted octanol–water partition coefficient (Wildman–Crippen LogP) is 2.20. The van der Waals surface area contributed by atoms with Crippen molar-refractivity contribution >= 4 is 11.4 Å². The van der Waals surface area contributed by atoms with Gasteiger partial charge in [-0.05, 0) is 37.3 Å². The van der Waals surface area contributed by atoms with Crippen molar-refractivity contribution in [2.24, 2.45) is 5.92 Å². The Labute approximate surface area is 118 Å². The maximum absolute atomic E-state index is 11.2. The van der Waals surface area contributed by atoms with Crippen LogP contribution >= 0.6 is 0 Å². The molecule has 0 aromatic heterocycles. The third-order valence-corrected chi connectivity index (χ3v) is 3.78. The van der Waals surface area contributed by atoms with E-state index in [1.54, 1.807) is 12.1 Å². The van der Waals surface area contributed by atoms with E-state index in [9.17, 15) is 10.1 Å². The molecule has 0 saturated carbocycles. The first-order valence-electron chi connectivity index (χ1n) is 6.84. The van der Waals surface area contributed by atoms with Crippen LogP contribution in [0.2, 0.25) is 0 Å². The summed E-state index contributed by atoms with van der Waals surface area (Å²) in [5.74, 6) is 0.889. The summed E-state index contributed by atoms with van der Waals surface area (Å²) in [6.45, 7) is 1.74. The van der Waals surface area contributed by atoms with Crippen LogP contribution in [0.25, 0.3) is 0 Å². The fourth-order valence-corrected chi connectivity index (χ4v) is 2.75. The molecule has 2 rings (SSSR count). The van der Waals surface area contributed by atoms with Gasteiger partial charge in [0.05, 0.1) is 18.1 Å². The maximum Gasteiger partial charge on any atom is 0.296 e. The largest absolute Gasteiger partial charge is 0.496 e. The molecule has 0 spiro atoms. The minimum absolute atomic E-state index is 0.0778. The number of nitrogens with zero attached hydrogens (tertiary/aromatic N) is 2. The van der Waals surface area contributed by atoms with E-state index in [2.05, 4.69) is 0 Å². The molecule has 1 unspecified atom stereocenters. The minimum atomic E-state index is -0.368. The van der Waals surface area contributed by atoms with E-state index >= 15 is 0 Å². The average molecular weight is 280 g/mol. The maximum atomic E-state index is 11.2. The number of aliphatic hydroxyl groups excluding tert-OH is 1. The number of anilines is 1. The zero-order valence-corrected chi connectivity index (χ0v) is 11.6. The lowest BCUT2D eigenvalue weighted by Crippen LogP contribution is -2.36. The molecule has 1 aliphatic rings. The molecule has 1 saturated heterocycles. The van der Waals surface area contributed by atoms with Crippen molar-refractivity contribution < 1.29 is 14.8 Å². The summed E-state index contributed by atoms with van der Waals surface area (Å²) < 4.78 is 5.05. The number of aliphatic hydroxyl groups is 1. The molecule has 1 aliphatic heterocycles. The second-order valence-corrected chi connectivity index (χ2v) is 5.08. The molecule has 1 N–H and O–H groups in total. The highest BCUT2D eigenvalue weighted by molar-refractivity contribution is 5.65. The van der Waals surface area contributed by atoms with Gasteiger partial charge in [-0.1, -0.05) is 0 Å². The lowest BCUT2D eigenvalue weighted by atomic mass is 9.94. The highest BCUT2D eigenvalue weighted by Crippen LogP contribution is 2.34. The quantitative estimate of drug-likeness (QED) is 0.661. The Morgan fingerprint density at radius 2 is 2.35 bits per heavy atom. The molecule has 0 bridgehead atoms. The minimum Gasteiger partial charge on any atom is -0.496 e. The summed E-state index contributed by atoms with van der Waals surface area (Å²) in [4.78, 5) is 12.9. The van der Waals surface area contributed by atoms with Crippen LogP contribution in [0.3, 0.4) is 0 Å². The fourth-order valence-electron chi connectivity index (χ4n) is 2.75. The smallest absolute Gasteiger partial charge is 0.296 e. The third-order valence-electron chi connectivity index (χ3n) is 3.78. The van der Waals surface area contributed by atoms with Crippen molar-refractivity contribution in [2.45, 2.75) is 19.3 Å². The van der Waals surface area contributed by atoms with Gasteiger partial charge in [-0.15, -0.1) is 0 Å². The van der Waals surface area contributed by atoms with Gasteiger partial charge >= 0.3 is 0 Å². The first kappa shape index (κ1) is 14.6. The summed E-state index contributed by atoms with van der Waals surface area (Å²) in [5.41, 5.74) is 0.715. The van der Waals surface area contributed by atoms with Crippen molar-refractivity contribution in [3.63, 3.8) is 0 Å². The van der Waals surface area contributed by atoms with E-state index in [1.165, 1.54) is 13.2 Å². The summed E-state index contributed by atoms with van der Waals surface area (Å²) in [7, 11) is 1.50. The molecular weight excluding hydrogens is 260 g/mol. The highest BCUT2D eigenvalue weighted by Gasteiger charge is 2.25. The normalized spacial score (nSPS) is 18.9. The van der Waals surface area contributed by atoms with Gasteiger partial charge in [0.15, 0.2) is 0 Å². The van der Waals surface area contributed by atoms with Crippen LogP contribution in [-0.4, -0.2) is 36.8 Å². The van der Waals surface area contributed by atoms with Crippen molar-refractivity contribution in [1.29, 1.82) is 0 Å². The van der Waals surface area contributed by atoms with Crippen LogP contribution in [0.1, 0.15) is 19.3 Å². The second-order valence-electron chi connectivity index (χ2n) is 5.08. The average Bonchev–Trinajstić information content (AvgIpc) is 2.47. The van der Waals surface area contributed by atoms with Gasteiger partial charge in [0.25, 0.3) is 5.69 Å². The first-order chi connectivity index (χ1) is 9.65. The number of rotatable bonds is 5. The number of hydrogen-bond acceptors (Lipinski definition) is 5. The van der Waals surface area contributed by atoms with Crippen LogP contribution in [0.4, 0.5) is 11.4 Å². The molecule has 1 aromatic rings. The summed E-state index contributed by atoms with van der Waals surface area (Å²) in [6, 6.07) is 4.96. The van der Waals surface area contributed by atoms with Crippen LogP contribution in [0, 0.1) is 16.0 Å². The molecule has 6 heteroatoms. The number of benzene rings is 1. The Bertz CT molecular complexity index is 476. The molecule has 1 atom stereocenters. The zero-order valence-electron chi connectivity index (χ0n) is 11.6. The van der Waals surface area contributed by atoms with Crippen molar-refractivity contribution in [2.75, 3.05) is 31.7 Å². The summed E-state index contributed by atoms with van der Waals surface area (Å²) in [5, 5.41) is 20.3. The molecule has 0 amide bonds. The fraction of sp³-hybridized carbons (Fsp3) is 0.571. The predicted molar refractivity (Wildman–Crippen MR) is 76.3 cm³/mol. The van der Waals surface area contributed by atoms with Crippen molar-refractivity contribution in [1.82, 2.24) is 0 Å². The lowest BCUT2D eigenvalue weighted by Gasteiger charge is -2.33. The highest BCUT2D eigenvalue weighted by atomic mass is 16.6. The van der Waals surface area contributed by atoms with Gasteiger partial charge < -0.3 is 14.7 Å². The van der Waals surface area contributed by atoms with E-state index in [4.69, 9.17) is 9.84 Å². The number of nitro benzene ring substituents is 1. The molecule has 110 valence electrons. The van der Waals surface area contributed by atoms with Gasteiger partial charge in [0, 0.05) is 19.7 Å². The molecule has 0 aliphatic carbocycles. The molecule has 1 fully saturated rings. The number of ether oxygens (including phenoxy) is 1. The Morgan fingerprint density at radius 1 is 1.55 bits per heavy atom. The number of nitro groups is 1. The topological polar surface area (TPSA) is 75.8 Å². The van der Waals surface area contributed by atoms with E-state index < -0.39 is 0 Å². The molecule has 6 nitrogen and oxygen atoms in total. The SMILES string of the molecule is COc1ccc(N2CCCC(CCO)C2)c([N+](=O)[O-])c1. The number of hydrogen-bond donors (Lipinski definition) is 1. The number of piperidine rings is 1. The monoisotopic (exact) mass is 280 g/mol. The second kappa shape index (κ2) is 6.56. The van der Waals surface area contributed by atoms with Crippen LogP contribution in [-0.2, 0) is 0 Å². The Balaban J connectivity index is 2.24. The summed E-state index contributed by atoms with van der Waals surface area (Å²) >= 11 is 0. The van der Waals surface area contributed by atoms with E-state index in [0.29, 0.717) is 17.4 Å². The zero-order chi connectivity index (χ0) is 14.5. The van der Waals surface area contributed by atoms with Gasteiger partial charge in [0.2, 0.25) is 0 Å². The van der Waals surface area contributed by atoms with Gasteiger partial charge in [-0.3, -0.25) is 10.1 Å². The molecule has 1 aromatic carbocycles. The van der Waals surface area contributed by atoms with Crippen molar-refractivity contribution in [3.8, 4) is 5.75 Å². The Morgan fingerprint density at radius 3 is 3.00 bits per heavy atom. The number of methoxy groups -OCH3 is 1. The molecular formula is C14H20N2O4. The van der Waals surface area contributed by atoms with E-state index in [1.807, 2.05) is 4.90 Å². The van der Waals surface area contributed by atoms with Gasteiger partial charge in [-0.2, -0.15) is 0 Å². The Hall–Kier alpha value is -1.82. The van der Waals surface area contributed by atoms with Crippen molar-refractivity contribution in [3.05, 3.63) is 28.3 Å². The van der Waals surface area contributed by atoms with Gasteiger partial charge in [0.1, 0.15) is 11.4 Å². The van der Waals surface area contributed by atoms with E-state index in [-0.39, 0.29) is 17.2 Å². The molecule has 0 radical (unpaired) electrons. The lowest BCUT2D eigenvalue weighted by molar-refractivity contribution is -0.384. The van der Waals surface area contributed by atoms with Crippen LogP contribution < -0.4 is 9.64 Å². The van der Waals surface area contributed by atoms with Crippen LogP contribution in [0.15, 0.2) is 18.2 Å². The standard InChI is InChI=1S/C14H20N2O4/c1-20-12-4-5-13(14(9-12)16(18)19)15-7-2-3-11(10-15)6-8-17/h4-5,9,11,17H,2-3,6-8,10H2,1H3. The van der Waals surface area contributed by atoms with Crippen LogP contribution in [0.5, 0.6) is 5.75 Å². The first-order valence-corrected chi connectivity index (χ1v) is 6.84.